The van der Waals surface area contributed by atoms with E-state index in [1.165, 1.54) is 7.11 Å². The molecule has 3 rings (SSSR count). The maximum absolute atomic E-state index is 12.8. The molecule has 2 aromatic carbocycles. The quantitative estimate of drug-likeness (QED) is 0.742. The minimum Gasteiger partial charge on any atom is -0.495 e. The predicted octanol–water partition coefficient (Wildman–Crippen LogP) is 2.40. The number of hydrogen-bond donors (Lipinski definition) is 2. The molecule has 1 heterocycles. The molecule has 2 N–H and O–H groups in total. The highest BCUT2D eigenvalue weighted by atomic mass is 16.5. The van der Waals surface area contributed by atoms with Crippen LogP contribution in [0.4, 0.5) is 5.69 Å². The van der Waals surface area contributed by atoms with Gasteiger partial charge < -0.3 is 15.0 Å². The monoisotopic (exact) mass is 365 g/mol. The van der Waals surface area contributed by atoms with E-state index in [-0.39, 0.29) is 5.56 Å². The second kappa shape index (κ2) is 7.33. The van der Waals surface area contributed by atoms with Crippen LogP contribution in [0.3, 0.4) is 0 Å². The second-order valence-electron chi connectivity index (χ2n) is 6.14. The number of nitrogens with one attached hydrogen (secondary N) is 2. The molecule has 0 atom stereocenters. The molecule has 0 bridgehead atoms. The maximum atomic E-state index is 12.8. The van der Waals surface area contributed by atoms with Gasteiger partial charge in [0.2, 0.25) is 0 Å². The van der Waals surface area contributed by atoms with Gasteiger partial charge in [-0.2, -0.15) is 0 Å². The van der Waals surface area contributed by atoms with Crippen LogP contribution in [0.5, 0.6) is 5.75 Å². The van der Waals surface area contributed by atoms with Gasteiger partial charge >= 0.3 is 5.69 Å². The maximum Gasteiger partial charge on any atom is 0.333 e. The molecule has 1 aromatic heterocycles. The molecule has 7 nitrogen and oxygen atoms in total. The number of aryl methyl sites for hydroxylation is 2. The van der Waals surface area contributed by atoms with Crippen LogP contribution in [0, 0.1) is 13.8 Å². The van der Waals surface area contributed by atoms with E-state index in [1.807, 2.05) is 19.9 Å². The first kappa shape index (κ1) is 18.2. The Kier molecular flexibility index (Phi) is 4.94. The molecule has 3 aromatic rings. The first-order valence-corrected chi connectivity index (χ1v) is 8.28. The molecule has 138 valence electrons. The van der Waals surface area contributed by atoms with E-state index in [4.69, 9.17) is 4.74 Å². The molecule has 0 aliphatic rings. The Bertz CT molecular complexity index is 1110. The lowest BCUT2D eigenvalue weighted by molar-refractivity contribution is 0.102. The van der Waals surface area contributed by atoms with Crippen LogP contribution < -0.4 is 21.3 Å². The summed E-state index contributed by atoms with van der Waals surface area (Å²) >= 11 is 0. The summed E-state index contributed by atoms with van der Waals surface area (Å²) in [6.45, 7) is 3.77. The van der Waals surface area contributed by atoms with Gasteiger partial charge in [0, 0.05) is 6.20 Å². The number of H-pyrrole nitrogens is 1. The fourth-order valence-electron chi connectivity index (χ4n) is 2.67. The van der Waals surface area contributed by atoms with Gasteiger partial charge in [-0.1, -0.05) is 23.8 Å². The summed E-state index contributed by atoms with van der Waals surface area (Å²) < 4.78 is 6.17. The highest BCUT2D eigenvalue weighted by Gasteiger charge is 2.17. The average Bonchev–Trinajstić information content (AvgIpc) is 2.63. The van der Waals surface area contributed by atoms with Crippen LogP contribution >= 0.6 is 0 Å². The largest absolute Gasteiger partial charge is 0.495 e. The van der Waals surface area contributed by atoms with Crippen molar-refractivity contribution in [3.8, 4) is 11.4 Å². The topological polar surface area (TPSA) is 93.2 Å². The van der Waals surface area contributed by atoms with Gasteiger partial charge in [0.25, 0.3) is 11.5 Å². The molecule has 27 heavy (non-hydrogen) atoms. The molecular weight excluding hydrogens is 346 g/mol. The Morgan fingerprint density at radius 3 is 2.37 bits per heavy atom. The Morgan fingerprint density at radius 2 is 1.70 bits per heavy atom. The van der Waals surface area contributed by atoms with Crippen molar-refractivity contribution in [3.63, 3.8) is 0 Å². The van der Waals surface area contributed by atoms with E-state index in [0.29, 0.717) is 17.1 Å². The van der Waals surface area contributed by atoms with Crippen molar-refractivity contribution in [2.75, 3.05) is 12.4 Å². The summed E-state index contributed by atoms with van der Waals surface area (Å²) in [5, 5.41) is 2.67. The number of carbonyl (C=O) groups is 1. The van der Waals surface area contributed by atoms with Crippen molar-refractivity contribution in [2.24, 2.45) is 0 Å². The standard InChI is InChI=1S/C20H19N3O4/c1-12-4-7-14(8-5-12)23-19(25)15(11-21-20(23)26)18(24)22-16-10-13(2)6-9-17(16)27-3/h4-11H,1-3H3,(H,21,26)(H,22,24). The van der Waals surface area contributed by atoms with E-state index < -0.39 is 17.2 Å². The molecule has 0 aliphatic heterocycles. The highest BCUT2D eigenvalue weighted by molar-refractivity contribution is 6.04. The van der Waals surface area contributed by atoms with Crippen molar-refractivity contribution >= 4 is 11.6 Å². The fraction of sp³-hybridized carbons (Fsp3) is 0.150. The zero-order valence-electron chi connectivity index (χ0n) is 15.2. The van der Waals surface area contributed by atoms with Gasteiger partial charge in [0.15, 0.2) is 0 Å². The summed E-state index contributed by atoms with van der Waals surface area (Å²) in [4.78, 5) is 40.0. The van der Waals surface area contributed by atoms with Crippen LogP contribution in [-0.4, -0.2) is 22.6 Å². The smallest absolute Gasteiger partial charge is 0.333 e. The van der Waals surface area contributed by atoms with Crippen molar-refractivity contribution in [1.82, 2.24) is 9.55 Å². The summed E-state index contributed by atoms with van der Waals surface area (Å²) in [7, 11) is 1.49. The SMILES string of the molecule is COc1ccc(C)cc1NC(=O)c1c[nH]c(=O)n(-c2ccc(C)cc2)c1=O. The Balaban J connectivity index is 2.03. The van der Waals surface area contributed by atoms with Gasteiger partial charge in [0.05, 0.1) is 18.5 Å². The summed E-state index contributed by atoms with van der Waals surface area (Å²) in [5.74, 6) is -0.168. The molecule has 0 spiro atoms. The minimum absolute atomic E-state index is 0.182. The lowest BCUT2D eigenvalue weighted by Gasteiger charge is -2.11. The van der Waals surface area contributed by atoms with Crippen molar-refractivity contribution < 1.29 is 9.53 Å². The molecule has 0 unspecified atom stereocenters. The molecule has 0 radical (unpaired) electrons. The first-order chi connectivity index (χ1) is 12.9. The van der Waals surface area contributed by atoms with Crippen molar-refractivity contribution in [2.45, 2.75) is 13.8 Å². The van der Waals surface area contributed by atoms with E-state index in [9.17, 15) is 14.4 Å². The molecule has 1 amide bonds. The van der Waals surface area contributed by atoms with E-state index in [1.54, 1.807) is 36.4 Å². The average molecular weight is 365 g/mol. The summed E-state index contributed by atoms with van der Waals surface area (Å²) in [6, 6.07) is 12.2. The number of hydrogen-bond acceptors (Lipinski definition) is 4. The third-order valence-corrected chi connectivity index (χ3v) is 4.12. The number of anilines is 1. The molecule has 0 aliphatic carbocycles. The van der Waals surface area contributed by atoms with E-state index in [0.717, 1.165) is 21.9 Å². The van der Waals surface area contributed by atoms with E-state index >= 15 is 0 Å². The normalized spacial score (nSPS) is 10.5. The predicted molar refractivity (Wildman–Crippen MR) is 103 cm³/mol. The molecule has 0 saturated heterocycles. The van der Waals surface area contributed by atoms with Gasteiger partial charge in [0.1, 0.15) is 11.3 Å². The number of rotatable bonds is 4. The number of aromatic amines is 1. The van der Waals surface area contributed by atoms with Gasteiger partial charge in [-0.15, -0.1) is 0 Å². The molecule has 7 heteroatoms. The van der Waals surface area contributed by atoms with Crippen LogP contribution in [0.1, 0.15) is 21.5 Å². The van der Waals surface area contributed by atoms with Crippen LogP contribution in [0.15, 0.2) is 58.3 Å². The second-order valence-corrected chi connectivity index (χ2v) is 6.14. The van der Waals surface area contributed by atoms with Gasteiger partial charge in [-0.25, -0.2) is 9.36 Å². The highest BCUT2D eigenvalue weighted by Crippen LogP contribution is 2.25. The fourth-order valence-corrected chi connectivity index (χ4v) is 2.67. The van der Waals surface area contributed by atoms with Crippen LogP contribution in [-0.2, 0) is 0 Å². The lowest BCUT2D eigenvalue weighted by Crippen LogP contribution is -2.38. The Hall–Kier alpha value is -3.61. The summed E-state index contributed by atoms with van der Waals surface area (Å²) in [6.07, 6.45) is 1.12. The minimum atomic E-state index is -0.702. The lowest BCUT2D eigenvalue weighted by atomic mass is 10.2. The number of carbonyl (C=O) groups excluding carboxylic acids is 1. The third kappa shape index (κ3) is 3.67. The molecule has 0 fully saturated rings. The number of benzene rings is 2. The first-order valence-electron chi connectivity index (χ1n) is 8.28. The summed E-state index contributed by atoms with van der Waals surface area (Å²) in [5.41, 5.74) is 1.23. The van der Waals surface area contributed by atoms with Crippen molar-refractivity contribution in [3.05, 3.63) is 86.2 Å². The number of aromatic nitrogens is 2. The Labute approximate surface area is 155 Å². The third-order valence-electron chi connectivity index (χ3n) is 4.12. The van der Waals surface area contributed by atoms with E-state index in [2.05, 4.69) is 10.3 Å². The Morgan fingerprint density at radius 1 is 1.04 bits per heavy atom. The number of nitrogens with zero attached hydrogens (tertiary/aromatic N) is 1. The number of ether oxygens (including phenoxy) is 1. The molecular formula is C20H19N3O4. The number of methoxy groups -OCH3 is 1. The number of amides is 1. The van der Waals surface area contributed by atoms with Gasteiger partial charge in [-0.3, -0.25) is 9.59 Å². The van der Waals surface area contributed by atoms with Gasteiger partial charge in [-0.05, 0) is 43.7 Å². The zero-order chi connectivity index (χ0) is 19.6. The molecule has 0 saturated carbocycles. The van der Waals surface area contributed by atoms with Crippen LogP contribution in [0.2, 0.25) is 0 Å². The zero-order valence-corrected chi connectivity index (χ0v) is 15.2. The van der Waals surface area contributed by atoms with Crippen molar-refractivity contribution in [1.29, 1.82) is 0 Å². The van der Waals surface area contributed by atoms with Crippen LogP contribution in [0.25, 0.3) is 5.69 Å².